The fraction of sp³-hybridized carbons (Fsp3) is 0.700. The maximum Gasteiger partial charge on any atom is 0.236 e. The molecule has 1 saturated heterocycles. The second-order valence-corrected chi connectivity index (χ2v) is 4.86. The molecule has 0 radical (unpaired) electrons. The average Bonchev–Trinajstić information content (AvgIpc) is 2.82. The predicted octanol–water partition coefficient (Wildman–Crippen LogP) is 0.121. The van der Waals surface area contributed by atoms with Crippen molar-refractivity contribution in [1.29, 1.82) is 0 Å². The van der Waals surface area contributed by atoms with Gasteiger partial charge in [-0.05, 0) is 12.8 Å². The van der Waals surface area contributed by atoms with Crippen LogP contribution in [0.1, 0.15) is 33.0 Å². The van der Waals surface area contributed by atoms with E-state index < -0.39 is 5.41 Å². The molecule has 0 aromatic carbocycles. The van der Waals surface area contributed by atoms with E-state index in [-0.39, 0.29) is 30.7 Å². The maximum absolute atomic E-state index is 12.2. The minimum Gasteiger partial charge on any atom is -0.274 e. The van der Waals surface area contributed by atoms with Crippen molar-refractivity contribution >= 4 is 11.8 Å². The zero-order valence-corrected chi connectivity index (χ0v) is 10.1. The fourth-order valence-corrected chi connectivity index (χ4v) is 1.91. The van der Waals surface area contributed by atoms with Crippen molar-refractivity contribution in [3.63, 3.8) is 0 Å². The minimum absolute atomic E-state index is 0.0937. The molecule has 1 N–H and O–H groups in total. The van der Waals surface area contributed by atoms with Crippen LogP contribution in [0.25, 0.3) is 0 Å². The molecule has 1 atom stereocenters. The molecular formula is C10H15N5O2. The summed E-state index contributed by atoms with van der Waals surface area (Å²) < 4.78 is 0. The van der Waals surface area contributed by atoms with Crippen molar-refractivity contribution in [1.82, 2.24) is 25.5 Å². The first kappa shape index (κ1) is 11.7. The standard InChI is InChI=1S/C10H15N5O2/c1-6(2)10(3)4-8(16)15(9(10)17)5-7-11-13-14-12-7/h6H,4-5H2,1-3H3,(H,11,12,13,14). The Bertz CT molecular complexity index is 442. The number of H-pyrrole nitrogens is 1. The molecule has 2 heterocycles. The summed E-state index contributed by atoms with van der Waals surface area (Å²) in [7, 11) is 0. The van der Waals surface area contributed by atoms with E-state index in [1.54, 1.807) is 0 Å². The van der Waals surface area contributed by atoms with E-state index in [1.165, 1.54) is 4.90 Å². The normalized spacial score (nSPS) is 25.1. The van der Waals surface area contributed by atoms with Gasteiger partial charge in [0.25, 0.3) is 0 Å². The van der Waals surface area contributed by atoms with Crippen LogP contribution in [0.15, 0.2) is 0 Å². The van der Waals surface area contributed by atoms with Crippen molar-refractivity contribution in [3.05, 3.63) is 5.82 Å². The highest BCUT2D eigenvalue weighted by molar-refractivity contribution is 6.05. The van der Waals surface area contributed by atoms with E-state index in [2.05, 4.69) is 20.6 Å². The van der Waals surface area contributed by atoms with Gasteiger partial charge in [-0.3, -0.25) is 14.5 Å². The summed E-state index contributed by atoms with van der Waals surface area (Å²) in [6, 6.07) is 0. The van der Waals surface area contributed by atoms with Gasteiger partial charge < -0.3 is 0 Å². The number of nitrogens with zero attached hydrogens (tertiary/aromatic N) is 4. The average molecular weight is 237 g/mol. The SMILES string of the molecule is CC(C)C1(C)CC(=O)N(Cc2nn[nH]n2)C1=O. The van der Waals surface area contributed by atoms with E-state index in [4.69, 9.17) is 0 Å². The second kappa shape index (κ2) is 3.90. The first-order valence-corrected chi connectivity index (χ1v) is 5.52. The molecule has 0 saturated carbocycles. The van der Waals surface area contributed by atoms with Gasteiger partial charge in [0, 0.05) is 6.42 Å². The molecule has 1 unspecified atom stereocenters. The van der Waals surface area contributed by atoms with E-state index in [0.717, 1.165) is 0 Å². The molecule has 1 aromatic heterocycles. The number of carbonyl (C=O) groups excluding carboxylic acids is 2. The fourth-order valence-electron chi connectivity index (χ4n) is 1.91. The Morgan fingerprint density at radius 3 is 2.65 bits per heavy atom. The number of amides is 2. The first-order valence-electron chi connectivity index (χ1n) is 5.52. The van der Waals surface area contributed by atoms with Crippen LogP contribution in [-0.2, 0) is 16.1 Å². The Morgan fingerprint density at radius 1 is 1.47 bits per heavy atom. The molecule has 0 spiro atoms. The molecule has 7 heteroatoms. The van der Waals surface area contributed by atoms with Gasteiger partial charge in [0.15, 0.2) is 5.82 Å². The molecule has 0 bridgehead atoms. The molecule has 92 valence electrons. The van der Waals surface area contributed by atoms with Gasteiger partial charge in [-0.1, -0.05) is 19.1 Å². The number of imide groups is 1. The van der Waals surface area contributed by atoms with Crippen LogP contribution < -0.4 is 0 Å². The summed E-state index contributed by atoms with van der Waals surface area (Å²) in [5.41, 5.74) is -0.610. The van der Waals surface area contributed by atoms with Crippen LogP contribution in [-0.4, -0.2) is 37.3 Å². The van der Waals surface area contributed by atoms with E-state index in [0.29, 0.717) is 5.82 Å². The maximum atomic E-state index is 12.2. The molecule has 2 amide bonds. The zero-order valence-electron chi connectivity index (χ0n) is 10.1. The van der Waals surface area contributed by atoms with E-state index >= 15 is 0 Å². The third kappa shape index (κ3) is 1.81. The van der Waals surface area contributed by atoms with Crippen LogP contribution in [0.5, 0.6) is 0 Å². The first-order chi connectivity index (χ1) is 7.95. The number of likely N-dealkylation sites (tertiary alicyclic amines) is 1. The van der Waals surface area contributed by atoms with Gasteiger partial charge in [-0.15, -0.1) is 10.2 Å². The summed E-state index contributed by atoms with van der Waals surface area (Å²) in [6.07, 6.45) is 0.251. The van der Waals surface area contributed by atoms with Crippen LogP contribution >= 0.6 is 0 Å². The Hall–Kier alpha value is -1.79. The van der Waals surface area contributed by atoms with Gasteiger partial charge in [-0.2, -0.15) is 5.21 Å². The summed E-state index contributed by atoms with van der Waals surface area (Å²) in [5.74, 6) is 0.146. The summed E-state index contributed by atoms with van der Waals surface area (Å²) in [4.78, 5) is 25.3. The van der Waals surface area contributed by atoms with Gasteiger partial charge in [0.05, 0.1) is 12.0 Å². The highest BCUT2D eigenvalue weighted by Crippen LogP contribution is 2.39. The lowest BCUT2D eigenvalue weighted by Gasteiger charge is -2.25. The number of tetrazole rings is 1. The number of hydrogen-bond donors (Lipinski definition) is 1. The minimum atomic E-state index is -0.610. The highest BCUT2D eigenvalue weighted by atomic mass is 16.2. The second-order valence-electron chi connectivity index (χ2n) is 4.86. The third-order valence-corrected chi connectivity index (χ3v) is 3.52. The van der Waals surface area contributed by atoms with Crippen LogP contribution in [0.4, 0.5) is 0 Å². The molecule has 7 nitrogen and oxygen atoms in total. The Labute approximate surface area is 98.6 Å². The quantitative estimate of drug-likeness (QED) is 0.754. The zero-order chi connectivity index (χ0) is 12.6. The van der Waals surface area contributed by atoms with E-state index in [9.17, 15) is 9.59 Å². The Balaban J connectivity index is 2.20. The molecule has 2 rings (SSSR count). The highest BCUT2D eigenvalue weighted by Gasteiger charge is 2.50. The summed E-state index contributed by atoms with van der Waals surface area (Å²) in [5, 5.41) is 13.2. The van der Waals surface area contributed by atoms with Gasteiger partial charge >= 0.3 is 0 Å². The lowest BCUT2D eigenvalue weighted by atomic mass is 9.78. The Morgan fingerprint density at radius 2 is 2.18 bits per heavy atom. The number of carbonyl (C=O) groups is 2. The van der Waals surface area contributed by atoms with Gasteiger partial charge in [0.2, 0.25) is 11.8 Å². The largest absolute Gasteiger partial charge is 0.274 e. The van der Waals surface area contributed by atoms with Crippen molar-refractivity contribution in [2.45, 2.75) is 33.7 Å². The summed E-state index contributed by atoms with van der Waals surface area (Å²) >= 11 is 0. The lowest BCUT2D eigenvalue weighted by molar-refractivity contribution is -0.142. The van der Waals surface area contributed by atoms with Crippen molar-refractivity contribution < 1.29 is 9.59 Å². The summed E-state index contributed by atoms with van der Waals surface area (Å²) in [6.45, 7) is 5.82. The molecule has 0 aliphatic carbocycles. The van der Waals surface area contributed by atoms with Crippen LogP contribution in [0.2, 0.25) is 0 Å². The predicted molar refractivity (Wildman–Crippen MR) is 57.3 cm³/mol. The molecule has 1 aliphatic rings. The van der Waals surface area contributed by atoms with Crippen molar-refractivity contribution in [3.8, 4) is 0 Å². The molecule has 1 aromatic rings. The third-order valence-electron chi connectivity index (χ3n) is 3.52. The number of aromatic nitrogens is 4. The van der Waals surface area contributed by atoms with Crippen LogP contribution in [0.3, 0.4) is 0 Å². The lowest BCUT2D eigenvalue weighted by Crippen LogP contribution is -2.36. The van der Waals surface area contributed by atoms with E-state index in [1.807, 2.05) is 20.8 Å². The number of rotatable bonds is 3. The molecule has 17 heavy (non-hydrogen) atoms. The number of hydrogen-bond acceptors (Lipinski definition) is 5. The van der Waals surface area contributed by atoms with Crippen LogP contribution in [0, 0.1) is 11.3 Å². The van der Waals surface area contributed by atoms with Gasteiger partial charge in [0.1, 0.15) is 0 Å². The molecule has 1 fully saturated rings. The molecule has 1 aliphatic heterocycles. The van der Waals surface area contributed by atoms with Crippen molar-refractivity contribution in [2.75, 3.05) is 0 Å². The number of nitrogens with one attached hydrogen (secondary N) is 1. The molecular weight excluding hydrogens is 222 g/mol. The Kier molecular flexibility index (Phi) is 2.68. The smallest absolute Gasteiger partial charge is 0.236 e. The topological polar surface area (TPSA) is 91.8 Å². The van der Waals surface area contributed by atoms with Gasteiger partial charge in [-0.25, -0.2) is 0 Å². The van der Waals surface area contributed by atoms with Crippen molar-refractivity contribution in [2.24, 2.45) is 11.3 Å². The monoisotopic (exact) mass is 237 g/mol. The number of aromatic amines is 1.